The van der Waals surface area contributed by atoms with Crippen molar-refractivity contribution in [2.24, 2.45) is 0 Å². The molecule has 1 rings (SSSR count). The first-order valence-electron chi connectivity index (χ1n) is 8.01. The molecule has 1 fully saturated rings. The van der Waals surface area contributed by atoms with Crippen LogP contribution in [0.1, 0.15) is 51.9 Å². The van der Waals surface area contributed by atoms with E-state index in [-0.39, 0.29) is 6.61 Å². The zero-order chi connectivity index (χ0) is 15.0. The quantitative estimate of drug-likeness (QED) is 0.465. The van der Waals surface area contributed by atoms with Gasteiger partial charge in [-0.15, -0.1) is 0 Å². The van der Waals surface area contributed by atoms with E-state index >= 15 is 0 Å². The number of aliphatic hydroxyl groups is 4. The number of nitrogens with zero attached hydrogens (tertiary/aromatic N) is 1. The fourth-order valence-corrected chi connectivity index (χ4v) is 2.91. The van der Waals surface area contributed by atoms with Gasteiger partial charge in [0.1, 0.15) is 12.2 Å². The average Bonchev–Trinajstić information content (AvgIpc) is 2.44. The van der Waals surface area contributed by atoms with Crippen molar-refractivity contribution in [3.63, 3.8) is 0 Å². The molecule has 2 unspecified atom stereocenters. The highest BCUT2D eigenvalue weighted by Gasteiger charge is 2.40. The Bertz CT molecular complexity index is 252. The molecule has 5 nitrogen and oxygen atoms in total. The Balaban J connectivity index is 2.24. The molecule has 0 aromatic carbocycles. The van der Waals surface area contributed by atoms with Gasteiger partial charge in [-0.25, -0.2) is 0 Å². The van der Waals surface area contributed by atoms with Gasteiger partial charge in [0.2, 0.25) is 0 Å². The maximum atomic E-state index is 9.87. The van der Waals surface area contributed by atoms with E-state index in [9.17, 15) is 20.4 Å². The van der Waals surface area contributed by atoms with Crippen LogP contribution in [0, 0.1) is 0 Å². The summed E-state index contributed by atoms with van der Waals surface area (Å²) in [5.74, 6) is 0. The number of aliphatic hydroxyl groups excluding tert-OH is 4. The molecule has 0 saturated carbocycles. The van der Waals surface area contributed by atoms with E-state index in [2.05, 4.69) is 6.92 Å². The summed E-state index contributed by atoms with van der Waals surface area (Å²) in [7, 11) is 0. The third-order valence-electron chi connectivity index (χ3n) is 4.26. The van der Waals surface area contributed by atoms with Crippen molar-refractivity contribution in [2.75, 3.05) is 19.7 Å². The Morgan fingerprint density at radius 1 is 0.900 bits per heavy atom. The maximum Gasteiger partial charge on any atom is 0.109 e. The van der Waals surface area contributed by atoms with Crippen molar-refractivity contribution < 1.29 is 20.4 Å². The summed E-state index contributed by atoms with van der Waals surface area (Å²) in [6, 6.07) is -0.464. The molecule has 1 saturated heterocycles. The molecule has 4 atom stereocenters. The normalized spacial score (nSPS) is 31.6. The molecule has 0 amide bonds. The number of hydrogen-bond donors (Lipinski definition) is 4. The molecule has 1 heterocycles. The first-order chi connectivity index (χ1) is 9.61. The summed E-state index contributed by atoms with van der Waals surface area (Å²) >= 11 is 0. The Morgan fingerprint density at radius 2 is 1.50 bits per heavy atom. The fourth-order valence-electron chi connectivity index (χ4n) is 2.91. The van der Waals surface area contributed by atoms with Crippen molar-refractivity contribution >= 4 is 0 Å². The number of β-amino-alcohol motifs (C(OH)–C–C–N with tert-alkyl or cyclic N) is 1. The van der Waals surface area contributed by atoms with Crippen molar-refractivity contribution in [1.82, 2.24) is 4.90 Å². The molecule has 5 heteroatoms. The largest absolute Gasteiger partial charge is 0.395 e. The first kappa shape index (κ1) is 17.9. The van der Waals surface area contributed by atoms with E-state index in [4.69, 9.17) is 0 Å². The van der Waals surface area contributed by atoms with Crippen LogP contribution in [0.4, 0.5) is 0 Å². The van der Waals surface area contributed by atoms with E-state index in [0.29, 0.717) is 6.54 Å². The SMILES string of the molecule is CCCCCCCCCN1C[C@H](O)C(O)[C@H](O)C1CO. The minimum Gasteiger partial charge on any atom is -0.395 e. The minimum absolute atomic E-state index is 0.193. The van der Waals surface area contributed by atoms with Crippen LogP contribution in [0.2, 0.25) is 0 Å². The maximum absolute atomic E-state index is 9.87. The van der Waals surface area contributed by atoms with Crippen LogP contribution in [0.5, 0.6) is 0 Å². The molecule has 1 aliphatic heterocycles. The lowest BCUT2D eigenvalue weighted by molar-refractivity contribution is -0.145. The van der Waals surface area contributed by atoms with E-state index in [0.717, 1.165) is 19.4 Å². The molecule has 0 aromatic rings. The van der Waals surface area contributed by atoms with Gasteiger partial charge in [0.15, 0.2) is 0 Å². The highest BCUT2D eigenvalue weighted by molar-refractivity contribution is 4.93. The first-order valence-corrected chi connectivity index (χ1v) is 8.01. The lowest BCUT2D eigenvalue weighted by Crippen LogP contribution is -2.62. The highest BCUT2D eigenvalue weighted by Crippen LogP contribution is 2.19. The number of piperidine rings is 1. The molecule has 0 aliphatic carbocycles. The minimum atomic E-state index is -1.16. The van der Waals surface area contributed by atoms with Gasteiger partial charge in [0.05, 0.1) is 18.8 Å². The van der Waals surface area contributed by atoms with Crippen LogP contribution >= 0.6 is 0 Å². The van der Waals surface area contributed by atoms with E-state index < -0.39 is 24.4 Å². The van der Waals surface area contributed by atoms with Gasteiger partial charge in [-0.3, -0.25) is 4.90 Å². The molecule has 120 valence electrons. The summed E-state index contributed by atoms with van der Waals surface area (Å²) < 4.78 is 0. The second-order valence-corrected chi connectivity index (χ2v) is 5.91. The van der Waals surface area contributed by atoms with Gasteiger partial charge < -0.3 is 20.4 Å². The van der Waals surface area contributed by atoms with Gasteiger partial charge in [-0.1, -0.05) is 45.4 Å². The number of likely N-dealkylation sites (tertiary alicyclic amines) is 1. The van der Waals surface area contributed by atoms with Crippen LogP contribution in [-0.4, -0.2) is 69.4 Å². The van der Waals surface area contributed by atoms with Gasteiger partial charge in [0, 0.05) is 6.54 Å². The van der Waals surface area contributed by atoms with E-state index in [1.807, 2.05) is 4.90 Å². The van der Waals surface area contributed by atoms with Crippen molar-refractivity contribution in [2.45, 2.75) is 76.2 Å². The summed E-state index contributed by atoms with van der Waals surface area (Å²) in [5.41, 5.74) is 0. The van der Waals surface area contributed by atoms with E-state index in [1.165, 1.54) is 32.1 Å². The molecule has 1 aliphatic rings. The lowest BCUT2D eigenvalue weighted by atomic mass is 9.94. The monoisotopic (exact) mass is 289 g/mol. The second-order valence-electron chi connectivity index (χ2n) is 5.91. The molecule has 0 spiro atoms. The van der Waals surface area contributed by atoms with Gasteiger partial charge in [0.25, 0.3) is 0 Å². The Labute approximate surface area is 122 Å². The Morgan fingerprint density at radius 3 is 2.10 bits per heavy atom. The molecule has 20 heavy (non-hydrogen) atoms. The average molecular weight is 289 g/mol. The molecule has 4 N–H and O–H groups in total. The number of hydrogen-bond acceptors (Lipinski definition) is 5. The molecular formula is C15H31NO4. The molecular weight excluding hydrogens is 258 g/mol. The molecule has 0 bridgehead atoms. The standard InChI is InChI=1S/C15H31NO4/c1-2-3-4-5-6-7-8-9-16-10-13(18)15(20)14(19)12(16)11-17/h12-15,17-20H,2-11H2,1H3/t12?,13-,14+,15?/m0/s1. The van der Waals surface area contributed by atoms with Crippen molar-refractivity contribution in [3.05, 3.63) is 0 Å². The smallest absolute Gasteiger partial charge is 0.109 e. The zero-order valence-electron chi connectivity index (χ0n) is 12.6. The van der Waals surface area contributed by atoms with Crippen molar-refractivity contribution in [1.29, 1.82) is 0 Å². The van der Waals surface area contributed by atoms with Crippen LogP contribution in [-0.2, 0) is 0 Å². The predicted octanol–water partition coefficient (Wildman–Crippen LogP) is 0.496. The third-order valence-corrected chi connectivity index (χ3v) is 4.26. The zero-order valence-corrected chi connectivity index (χ0v) is 12.6. The lowest BCUT2D eigenvalue weighted by Gasteiger charge is -2.43. The van der Waals surface area contributed by atoms with Crippen LogP contribution in [0.25, 0.3) is 0 Å². The van der Waals surface area contributed by atoms with Crippen molar-refractivity contribution in [3.8, 4) is 0 Å². The summed E-state index contributed by atoms with van der Waals surface area (Å²) in [5, 5.41) is 38.5. The van der Waals surface area contributed by atoms with Gasteiger partial charge in [-0.05, 0) is 13.0 Å². The second kappa shape index (κ2) is 9.68. The van der Waals surface area contributed by atoms with Gasteiger partial charge >= 0.3 is 0 Å². The fraction of sp³-hybridized carbons (Fsp3) is 1.00. The van der Waals surface area contributed by atoms with Crippen LogP contribution in [0.3, 0.4) is 0 Å². The van der Waals surface area contributed by atoms with Crippen LogP contribution in [0.15, 0.2) is 0 Å². The topological polar surface area (TPSA) is 84.2 Å². The predicted molar refractivity (Wildman–Crippen MR) is 78.5 cm³/mol. The van der Waals surface area contributed by atoms with Crippen LogP contribution < -0.4 is 0 Å². The summed E-state index contributed by atoms with van der Waals surface area (Å²) in [6.45, 7) is 3.08. The molecule has 0 radical (unpaired) electrons. The number of rotatable bonds is 9. The summed E-state index contributed by atoms with van der Waals surface area (Å²) in [4.78, 5) is 1.90. The Hall–Kier alpha value is -0.200. The Kier molecular flexibility index (Phi) is 8.64. The van der Waals surface area contributed by atoms with Gasteiger partial charge in [-0.2, -0.15) is 0 Å². The number of unbranched alkanes of at least 4 members (excludes halogenated alkanes) is 6. The molecule has 0 aromatic heterocycles. The highest BCUT2D eigenvalue weighted by atomic mass is 16.4. The summed E-state index contributed by atoms with van der Waals surface area (Å²) in [6.07, 6.45) is 5.29. The van der Waals surface area contributed by atoms with E-state index in [1.54, 1.807) is 0 Å². The third kappa shape index (κ3) is 5.30.